The second-order valence-corrected chi connectivity index (χ2v) is 12.8. The monoisotopic (exact) mass is 595 g/mol. The summed E-state index contributed by atoms with van der Waals surface area (Å²) in [7, 11) is 0. The van der Waals surface area contributed by atoms with E-state index in [1.54, 1.807) is 39.0 Å². The van der Waals surface area contributed by atoms with Crippen LogP contribution in [-0.2, 0) is 14.3 Å². The molecule has 2 rings (SSSR count). The summed E-state index contributed by atoms with van der Waals surface area (Å²) < 4.78 is 5.49. The Morgan fingerprint density at radius 2 is 1.51 bits per heavy atom. The Morgan fingerprint density at radius 3 is 2.09 bits per heavy atom. The quantitative estimate of drug-likeness (QED) is 0.182. The fourth-order valence-electron chi connectivity index (χ4n) is 5.14. The van der Waals surface area contributed by atoms with E-state index in [9.17, 15) is 19.5 Å². The van der Waals surface area contributed by atoms with E-state index in [0.29, 0.717) is 24.1 Å². The number of nitrogens with one attached hydrogen (secondary N) is 2. The van der Waals surface area contributed by atoms with Gasteiger partial charge in [-0.05, 0) is 70.6 Å². The van der Waals surface area contributed by atoms with Crippen molar-refractivity contribution in [3.05, 3.63) is 59.2 Å². The lowest BCUT2D eigenvalue weighted by Crippen LogP contribution is -2.53. The Balaban J connectivity index is 2.57. The molecule has 8 heteroatoms. The molecule has 2 atom stereocenters. The Kier molecular flexibility index (Phi) is 14.0. The summed E-state index contributed by atoms with van der Waals surface area (Å²) in [5.41, 5.74) is 2.04. The van der Waals surface area contributed by atoms with Gasteiger partial charge in [-0.25, -0.2) is 4.79 Å². The minimum atomic E-state index is -1.13. The predicted molar refractivity (Wildman–Crippen MR) is 173 cm³/mol. The van der Waals surface area contributed by atoms with Gasteiger partial charge in [0.2, 0.25) is 5.91 Å². The molecule has 3 N–H and O–H groups in total. The van der Waals surface area contributed by atoms with Crippen LogP contribution in [0, 0.1) is 19.8 Å². The number of nitrogens with zero attached hydrogens (tertiary/aromatic N) is 1. The van der Waals surface area contributed by atoms with Crippen LogP contribution < -0.4 is 10.6 Å². The molecule has 0 saturated carbocycles. The minimum absolute atomic E-state index is 0.0757. The highest BCUT2D eigenvalue weighted by Gasteiger charge is 2.37. The first-order chi connectivity index (χ1) is 20.2. The van der Waals surface area contributed by atoms with Crippen molar-refractivity contribution in [1.29, 1.82) is 0 Å². The number of amides is 3. The van der Waals surface area contributed by atoms with E-state index in [1.807, 2.05) is 45.9 Å². The van der Waals surface area contributed by atoms with Crippen LogP contribution in [0.4, 0.5) is 10.5 Å². The Bertz CT molecular complexity index is 1180. The third-order valence-corrected chi connectivity index (χ3v) is 7.25. The van der Waals surface area contributed by atoms with E-state index in [0.717, 1.165) is 43.2 Å². The zero-order valence-corrected chi connectivity index (χ0v) is 27.5. The van der Waals surface area contributed by atoms with Crippen LogP contribution in [0.2, 0.25) is 0 Å². The molecular formula is C35H53N3O5. The number of para-hydroxylation sites is 2. The van der Waals surface area contributed by atoms with Gasteiger partial charge in [-0.1, -0.05) is 89.3 Å². The van der Waals surface area contributed by atoms with Gasteiger partial charge in [0, 0.05) is 17.8 Å². The van der Waals surface area contributed by atoms with E-state index < -0.39 is 35.6 Å². The van der Waals surface area contributed by atoms with Gasteiger partial charge in [-0.3, -0.25) is 9.59 Å². The first-order valence-corrected chi connectivity index (χ1v) is 15.7. The lowest BCUT2D eigenvalue weighted by atomic mass is 9.97. The van der Waals surface area contributed by atoms with Crippen LogP contribution in [-0.4, -0.2) is 46.1 Å². The molecule has 2 aromatic rings. The number of unbranched alkanes of at least 4 members (excludes halogenated alkanes) is 5. The number of carbonyl (C=O) groups is 3. The molecule has 0 fully saturated rings. The van der Waals surface area contributed by atoms with E-state index in [-0.39, 0.29) is 18.2 Å². The molecular weight excluding hydrogens is 542 g/mol. The number of anilines is 1. The molecule has 0 aliphatic heterocycles. The molecule has 3 amide bonds. The van der Waals surface area contributed by atoms with Gasteiger partial charge in [0.15, 0.2) is 0 Å². The molecule has 0 aliphatic rings. The average molecular weight is 596 g/mol. The number of alkyl carbamates (subject to hydrolysis) is 1. The number of rotatable bonds is 15. The van der Waals surface area contributed by atoms with Crippen LogP contribution >= 0.6 is 0 Å². The van der Waals surface area contributed by atoms with Crippen LogP contribution in [0.25, 0.3) is 0 Å². The summed E-state index contributed by atoms with van der Waals surface area (Å²) in [6, 6.07) is 10.3. The summed E-state index contributed by atoms with van der Waals surface area (Å²) in [5, 5.41) is 16.8. The fraction of sp³-hybridized carbons (Fsp3) is 0.571. The second kappa shape index (κ2) is 16.9. The number of phenols is 1. The van der Waals surface area contributed by atoms with Crippen molar-refractivity contribution in [2.45, 2.75) is 118 Å². The number of phenolic OH excluding ortho intramolecular Hbond substituents is 1. The van der Waals surface area contributed by atoms with Crippen LogP contribution in [0.3, 0.4) is 0 Å². The topological polar surface area (TPSA) is 108 Å². The van der Waals surface area contributed by atoms with Gasteiger partial charge in [0.05, 0.1) is 0 Å². The lowest BCUT2D eigenvalue weighted by Gasteiger charge is -2.35. The maximum absolute atomic E-state index is 14.5. The van der Waals surface area contributed by atoms with E-state index in [1.165, 1.54) is 11.0 Å². The number of aryl methyl sites for hydroxylation is 2. The van der Waals surface area contributed by atoms with E-state index >= 15 is 0 Å². The van der Waals surface area contributed by atoms with Crippen molar-refractivity contribution >= 4 is 23.6 Å². The molecule has 0 radical (unpaired) electrons. The molecule has 238 valence electrons. The van der Waals surface area contributed by atoms with Crippen LogP contribution in [0.15, 0.2) is 42.5 Å². The molecule has 0 saturated heterocycles. The third-order valence-electron chi connectivity index (χ3n) is 7.25. The lowest BCUT2D eigenvalue weighted by molar-refractivity contribution is -0.141. The number of carbonyl (C=O) groups excluding carboxylic acids is 3. The van der Waals surface area contributed by atoms with Crippen LogP contribution in [0.1, 0.15) is 109 Å². The molecule has 0 spiro atoms. The third kappa shape index (κ3) is 11.6. The zero-order valence-electron chi connectivity index (χ0n) is 27.5. The smallest absolute Gasteiger partial charge is 0.408 e. The van der Waals surface area contributed by atoms with Crippen molar-refractivity contribution in [3.63, 3.8) is 0 Å². The maximum atomic E-state index is 14.5. The van der Waals surface area contributed by atoms with Crippen molar-refractivity contribution in [3.8, 4) is 5.75 Å². The van der Waals surface area contributed by atoms with Crippen molar-refractivity contribution < 1.29 is 24.2 Å². The van der Waals surface area contributed by atoms with Gasteiger partial charge in [0.1, 0.15) is 23.4 Å². The number of benzene rings is 2. The summed E-state index contributed by atoms with van der Waals surface area (Å²) in [4.78, 5) is 43.1. The zero-order chi connectivity index (χ0) is 32.2. The maximum Gasteiger partial charge on any atom is 0.408 e. The summed E-state index contributed by atoms with van der Waals surface area (Å²) in [6.45, 7) is 15.5. The van der Waals surface area contributed by atoms with Gasteiger partial charge in [-0.2, -0.15) is 0 Å². The first-order valence-electron chi connectivity index (χ1n) is 15.7. The summed E-state index contributed by atoms with van der Waals surface area (Å²) in [6.07, 6.45) is 5.65. The fourth-order valence-corrected chi connectivity index (χ4v) is 5.14. The highest BCUT2D eigenvalue weighted by molar-refractivity contribution is 6.00. The predicted octanol–water partition coefficient (Wildman–Crippen LogP) is 7.82. The normalized spacial score (nSPS) is 12.9. The largest absolute Gasteiger partial charge is 0.508 e. The highest BCUT2D eigenvalue weighted by Crippen LogP contribution is 2.32. The van der Waals surface area contributed by atoms with Gasteiger partial charge >= 0.3 is 6.09 Å². The van der Waals surface area contributed by atoms with Crippen molar-refractivity contribution in [2.24, 2.45) is 5.92 Å². The molecule has 0 aliphatic carbocycles. The van der Waals surface area contributed by atoms with E-state index in [2.05, 4.69) is 17.6 Å². The number of hydrogen-bond acceptors (Lipinski definition) is 5. The van der Waals surface area contributed by atoms with E-state index in [4.69, 9.17) is 4.74 Å². The molecule has 8 nitrogen and oxygen atoms in total. The van der Waals surface area contributed by atoms with Crippen molar-refractivity contribution in [2.75, 3.05) is 11.9 Å². The Hall–Kier alpha value is -3.55. The number of ether oxygens (including phenoxy) is 1. The first kappa shape index (κ1) is 35.6. The second-order valence-electron chi connectivity index (χ2n) is 12.8. The molecule has 2 aromatic carbocycles. The summed E-state index contributed by atoms with van der Waals surface area (Å²) >= 11 is 0. The van der Waals surface area contributed by atoms with Gasteiger partial charge in [0.25, 0.3) is 5.91 Å². The van der Waals surface area contributed by atoms with Gasteiger partial charge < -0.3 is 25.4 Å². The number of aromatic hydroxyl groups is 1. The molecule has 2 unspecified atom stereocenters. The van der Waals surface area contributed by atoms with Crippen LogP contribution in [0.5, 0.6) is 5.75 Å². The SMILES string of the molecule is CCCCCCCCN(C(=O)C(CC(C)C)NC(=O)OC(C)(C)C)C(C(=O)Nc1c(C)cccc1C)c1ccccc1O. The molecule has 0 heterocycles. The average Bonchev–Trinajstić information content (AvgIpc) is 2.90. The minimum Gasteiger partial charge on any atom is -0.508 e. The molecule has 0 aromatic heterocycles. The Morgan fingerprint density at radius 1 is 0.907 bits per heavy atom. The number of hydrogen-bond donors (Lipinski definition) is 3. The molecule has 43 heavy (non-hydrogen) atoms. The summed E-state index contributed by atoms with van der Waals surface area (Å²) in [5.74, 6) is -0.825. The standard InChI is InChI=1S/C35H53N3O5/c1-9-10-11-12-13-16-22-38(33(41)28(23-24(2)3)36-34(42)43-35(6,7)8)31(27-20-14-15-21-29(27)39)32(40)37-30-25(4)18-17-19-26(30)5/h14-15,17-21,24,28,31,39H,9-13,16,22-23H2,1-8H3,(H,36,42)(H,37,40). The highest BCUT2D eigenvalue weighted by atomic mass is 16.6. The Labute approximate surface area is 258 Å². The molecule has 0 bridgehead atoms. The van der Waals surface area contributed by atoms with Gasteiger partial charge in [-0.15, -0.1) is 0 Å². The van der Waals surface area contributed by atoms with Crippen molar-refractivity contribution in [1.82, 2.24) is 10.2 Å².